The van der Waals surface area contributed by atoms with Crippen molar-refractivity contribution in [3.05, 3.63) is 72.6 Å². The van der Waals surface area contributed by atoms with Crippen LogP contribution in [0.2, 0.25) is 0 Å². The van der Waals surface area contributed by atoms with Crippen LogP contribution in [0.5, 0.6) is 0 Å². The summed E-state index contributed by atoms with van der Waals surface area (Å²) in [6, 6.07) is 18.3. The smallest absolute Gasteiger partial charge is 0.225 e. The van der Waals surface area contributed by atoms with Crippen LogP contribution in [-0.4, -0.2) is 46.5 Å². The first-order valence-electron chi connectivity index (χ1n) is 11.3. The Morgan fingerprint density at radius 2 is 1.73 bits per heavy atom. The third-order valence-electron chi connectivity index (χ3n) is 6.04. The Bertz CT molecular complexity index is 1130. The molecule has 7 nitrogen and oxygen atoms in total. The lowest BCUT2D eigenvalue weighted by molar-refractivity contribution is 0.223. The number of hydrogen-bond acceptors (Lipinski definition) is 5. The number of nitriles is 1. The van der Waals surface area contributed by atoms with E-state index < -0.39 is 0 Å². The Labute approximate surface area is 195 Å². The maximum absolute atomic E-state index is 9.35. The zero-order valence-electron chi connectivity index (χ0n) is 19.3. The summed E-state index contributed by atoms with van der Waals surface area (Å²) in [5.41, 5.74) is 4.17. The lowest BCUT2D eigenvalue weighted by atomic mass is 10.00. The lowest BCUT2D eigenvalue weighted by Crippen LogP contribution is -2.59. The van der Waals surface area contributed by atoms with Crippen molar-refractivity contribution in [1.29, 1.82) is 5.26 Å². The summed E-state index contributed by atoms with van der Waals surface area (Å²) in [5.74, 6) is 1.66. The quantitative estimate of drug-likeness (QED) is 0.365. The Hall–Kier alpha value is -3.92. The summed E-state index contributed by atoms with van der Waals surface area (Å²) in [6.45, 7) is 8.64. The van der Waals surface area contributed by atoms with Gasteiger partial charge in [-0.15, -0.1) is 4.99 Å². The minimum absolute atomic E-state index is 0.153. The van der Waals surface area contributed by atoms with Gasteiger partial charge in [-0.05, 0) is 30.0 Å². The van der Waals surface area contributed by atoms with E-state index in [1.165, 1.54) is 0 Å². The minimum Gasteiger partial charge on any atom is -0.337 e. The van der Waals surface area contributed by atoms with Crippen LogP contribution in [0.1, 0.15) is 19.4 Å². The van der Waals surface area contributed by atoms with Gasteiger partial charge in [0, 0.05) is 43.3 Å². The summed E-state index contributed by atoms with van der Waals surface area (Å²) < 4.78 is 0. The fourth-order valence-corrected chi connectivity index (χ4v) is 4.13. The van der Waals surface area contributed by atoms with Crippen LogP contribution >= 0.6 is 0 Å². The second kappa shape index (κ2) is 10.1. The van der Waals surface area contributed by atoms with Crippen molar-refractivity contribution in [3.63, 3.8) is 0 Å². The molecule has 1 saturated heterocycles. The molecule has 0 spiro atoms. The van der Waals surface area contributed by atoms with Crippen LogP contribution in [0.4, 0.5) is 11.6 Å². The van der Waals surface area contributed by atoms with Crippen LogP contribution in [0.3, 0.4) is 0 Å². The van der Waals surface area contributed by atoms with Gasteiger partial charge in [-0.3, -0.25) is 0 Å². The molecule has 0 amide bonds. The zero-order valence-corrected chi connectivity index (χ0v) is 19.3. The first-order chi connectivity index (χ1) is 16.1. The zero-order chi connectivity index (χ0) is 23.2. The summed E-state index contributed by atoms with van der Waals surface area (Å²) in [7, 11) is 0. The average Bonchev–Trinajstić information content (AvgIpc) is 2.85. The van der Waals surface area contributed by atoms with Crippen molar-refractivity contribution >= 4 is 17.6 Å². The third kappa shape index (κ3) is 5.12. The molecule has 3 aromatic rings. The average molecular weight is 440 g/mol. The molecule has 1 aliphatic rings. The van der Waals surface area contributed by atoms with Gasteiger partial charge >= 0.3 is 0 Å². The fourth-order valence-electron chi connectivity index (χ4n) is 4.13. The molecule has 0 bridgehead atoms. The van der Waals surface area contributed by atoms with Crippen molar-refractivity contribution in [2.45, 2.75) is 26.8 Å². The second-order valence-electron chi connectivity index (χ2n) is 8.56. The third-order valence-corrected chi connectivity index (χ3v) is 6.04. The number of anilines is 2. The lowest BCUT2D eigenvalue weighted by Gasteiger charge is -2.44. The molecular weight excluding hydrogens is 410 g/mol. The van der Waals surface area contributed by atoms with E-state index in [9.17, 15) is 5.26 Å². The molecule has 2 aromatic carbocycles. The second-order valence-corrected chi connectivity index (χ2v) is 8.56. The number of nitrogens with zero attached hydrogens (tertiary/aromatic N) is 6. The van der Waals surface area contributed by atoms with Gasteiger partial charge in [-0.2, -0.15) is 5.26 Å². The van der Waals surface area contributed by atoms with Crippen LogP contribution in [0.25, 0.3) is 11.1 Å². The van der Waals surface area contributed by atoms with E-state index in [1.54, 1.807) is 0 Å². The predicted octanol–water partition coefficient (Wildman–Crippen LogP) is 4.55. The molecule has 1 aromatic heterocycles. The molecule has 168 valence electrons. The molecule has 4 rings (SSSR count). The van der Waals surface area contributed by atoms with E-state index in [2.05, 4.69) is 56.1 Å². The monoisotopic (exact) mass is 439 g/mol. The fraction of sp³-hybridized carbons (Fsp3) is 0.308. The number of aromatic nitrogens is 2. The maximum atomic E-state index is 9.35. The molecule has 0 saturated carbocycles. The number of guanidine groups is 1. The van der Waals surface area contributed by atoms with Crippen LogP contribution in [-0.2, 0) is 0 Å². The van der Waals surface area contributed by atoms with Gasteiger partial charge < -0.3 is 15.1 Å². The van der Waals surface area contributed by atoms with Crippen LogP contribution in [0, 0.1) is 24.3 Å². The van der Waals surface area contributed by atoms with E-state index in [0.29, 0.717) is 18.4 Å². The Morgan fingerprint density at radius 3 is 2.39 bits per heavy atom. The van der Waals surface area contributed by atoms with Crippen molar-refractivity contribution in [2.75, 3.05) is 29.9 Å². The first kappa shape index (κ1) is 22.3. The number of nitrogens with one attached hydrogen (secondary N) is 1. The van der Waals surface area contributed by atoms with Gasteiger partial charge in [-0.25, -0.2) is 9.97 Å². The first-order valence-corrected chi connectivity index (χ1v) is 11.3. The predicted molar refractivity (Wildman–Crippen MR) is 133 cm³/mol. The van der Waals surface area contributed by atoms with E-state index in [1.807, 2.05) is 68.0 Å². The summed E-state index contributed by atoms with van der Waals surface area (Å²) >= 11 is 0. The van der Waals surface area contributed by atoms with Crippen molar-refractivity contribution < 1.29 is 0 Å². The van der Waals surface area contributed by atoms with Crippen LogP contribution < -0.4 is 10.2 Å². The van der Waals surface area contributed by atoms with Gasteiger partial charge in [0.25, 0.3) is 0 Å². The number of aryl methyl sites for hydroxylation is 1. The highest BCUT2D eigenvalue weighted by atomic mass is 15.4. The molecule has 33 heavy (non-hydrogen) atoms. The van der Waals surface area contributed by atoms with E-state index in [0.717, 1.165) is 41.4 Å². The molecule has 7 heteroatoms. The van der Waals surface area contributed by atoms with Gasteiger partial charge in [0.1, 0.15) is 0 Å². The Kier molecular flexibility index (Phi) is 6.84. The maximum Gasteiger partial charge on any atom is 0.225 e. The summed E-state index contributed by atoms with van der Waals surface area (Å²) in [4.78, 5) is 17.9. The number of hydrogen-bond donors (Lipinski definition) is 1. The highest BCUT2D eigenvalue weighted by Gasteiger charge is 2.32. The molecule has 2 heterocycles. The number of aliphatic imine (C=N–C) groups is 1. The van der Waals surface area contributed by atoms with Gasteiger partial charge in [-0.1, -0.05) is 62.4 Å². The van der Waals surface area contributed by atoms with Crippen LogP contribution in [0.15, 0.2) is 72.0 Å². The van der Waals surface area contributed by atoms with Crippen molar-refractivity contribution in [1.82, 2.24) is 14.9 Å². The summed E-state index contributed by atoms with van der Waals surface area (Å²) in [6.07, 6.45) is 5.75. The van der Waals surface area contributed by atoms with Gasteiger partial charge in [0.05, 0.1) is 6.04 Å². The molecule has 0 aliphatic carbocycles. The van der Waals surface area contributed by atoms with Gasteiger partial charge in [0.15, 0.2) is 0 Å². The molecular formula is C26H29N7. The number of para-hydroxylation sites is 1. The molecule has 1 N–H and O–H groups in total. The number of rotatable bonds is 4. The SMILES string of the molecule is Cc1ccccc1N/C(=N/C#N)N1CCN(c2ncc(-c3ccccc3)cn2)CC1C(C)C. The molecule has 1 atom stereocenters. The largest absolute Gasteiger partial charge is 0.337 e. The molecule has 1 fully saturated rings. The normalized spacial score (nSPS) is 16.6. The number of piperazine rings is 1. The van der Waals surface area contributed by atoms with E-state index in [-0.39, 0.29) is 6.04 Å². The van der Waals surface area contributed by atoms with Crippen molar-refractivity contribution in [2.24, 2.45) is 10.9 Å². The standard InChI is InChI=1S/C26H29N7/c1-19(2)24-17-32(25-28-15-22(16-29-25)21-10-5-4-6-11-21)13-14-33(24)26(30-18-27)31-23-12-8-7-9-20(23)3/h4-12,15-16,19,24H,13-14,17H2,1-3H3,(H,30,31). The topological polar surface area (TPSA) is 80.4 Å². The molecule has 0 radical (unpaired) electrons. The van der Waals surface area contributed by atoms with Gasteiger partial charge in [0.2, 0.25) is 18.1 Å². The Balaban J connectivity index is 1.53. The minimum atomic E-state index is 0.153. The van der Waals surface area contributed by atoms with E-state index >= 15 is 0 Å². The van der Waals surface area contributed by atoms with E-state index in [4.69, 9.17) is 0 Å². The summed E-state index contributed by atoms with van der Waals surface area (Å²) in [5, 5.41) is 12.7. The Morgan fingerprint density at radius 1 is 1.03 bits per heavy atom. The molecule has 1 unspecified atom stereocenters. The molecule has 1 aliphatic heterocycles. The highest BCUT2D eigenvalue weighted by molar-refractivity contribution is 5.95. The number of benzene rings is 2. The highest BCUT2D eigenvalue weighted by Crippen LogP contribution is 2.24. The van der Waals surface area contributed by atoms with Crippen molar-refractivity contribution in [3.8, 4) is 17.3 Å².